The van der Waals surface area contributed by atoms with Gasteiger partial charge in [0.05, 0.1) is 0 Å². The third-order valence-corrected chi connectivity index (χ3v) is 3.25. The molecular weight excluding hydrogens is 262 g/mol. The average Bonchev–Trinajstić information content (AvgIpc) is 2.90. The number of carbonyl (C=O) groups is 1. The topological polar surface area (TPSA) is 57.8 Å². The van der Waals surface area contributed by atoms with Crippen LogP contribution in [0, 0.1) is 0 Å². The molecule has 1 aromatic heterocycles. The van der Waals surface area contributed by atoms with E-state index in [2.05, 4.69) is 29.1 Å². The largest absolute Gasteiger partial charge is 0.349 e. The van der Waals surface area contributed by atoms with Crippen molar-refractivity contribution in [3.05, 3.63) is 53.1 Å². The summed E-state index contributed by atoms with van der Waals surface area (Å²) in [5.74, 6) is 0.113. The summed E-state index contributed by atoms with van der Waals surface area (Å²) in [5, 5.41) is 3.56. The molecular formula is C14H16ClN3O. The van der Waals surface area contributed by atoms with Gasteiger partial charge < -0.3 is 10.3 Å². The van der Waals surface area contributed by atoms with E-state index in [0.717, 1.165) is 5.56 Å². The molecule has 5 heteroatoms. The van der Waals surface area contributed by atoms with Gasteiger partial charge in [-0.2, -0.15) is 0 Å². The van der Waals surface area contributed by atoms with Crippen LogP contribution in [0.5, 0.6) is 0 Å². The molecule has 0 atom stereocenters. The van der Waals surface area contributed by atoms with Gasteiger partial charge in [-0.3, -0.25) is 4.79 Å². The van der Waals surface area contributed by atoms with Crippen LogP contribution in [0.4, 0.5) is 0 Å². The molecule has 0 bridgehead atoms. The molecule has 100 valence electrons. The maximum atomic E-state index is 11.8. The van der Waals surface area contributed by atoms with Crippen molar-refractivity contribution in [1.82, 2.24) is 15.3 Å². The molecule has 19 heavy (non-hydrogen) atoms. The van der Waals surface area contributed by atoms with Crippen LogP contribution in [-0.4, -0.2) is 22.4 Å². The highest BCUT2D eigenvalue weighted by Crippen LogP contribution is 2.24. The number of carbonyl (C=O) groups excluding carboxylic acids is 1. The molecule has 0 fully saturated rings. The third kappa shape index (κ3) is 3.35. The number of H-pyrrole nitrogens is 1. The number of benzene rings is 1. The van der Waals surface area contributed by atoms with E-state index in [-0.39, 0.29) is 11.3 Å². The van der Waals surface area contributed by atoms with Crippen molar-refractivity contribution in [2.24, 2.45) is 0 Å². The van der Waals surface area contributed by atoms with E-state index >= 15 is 0 Å². The van der Waals surface area contributed by atoms with Crippen LogP contribution in [-0.2, 0) is 5.41 Å². The molecule has 0 aliphatic heterocycles. The van der Waals surface area contributed by atoms with Crippen LogP contribution in [0.15, 0.2) is 36.7 Å². The predicted molar refractivity (Wildman–Crippen MR) is 75.4 cm³/mol. The van der Waals surface area contributed by atoms with Crippen LogP contribution >= 0.6 is 11.6 Å². The second-order valence-electron chi connectivity index (χ2n) is 5.01. The normalized spacial score (nSPS) is 11.3. The summed E-state index contributed by atoms with van der Waals surface area (Å²) >= 11 is 5.99. The Hall–Kier alpha value is -1.81. The number of amides is 1. The number of aromatic amines is 1. The average molecular weight is 278 g/mol. The summed E-state index contributed by atoms with van der Waals surface area (Å²) in [5.41, 5.74) is 0.882. The van der Waals surface area contributed by atoms with Gasteiger partial charge in [-0.25, -0.2) is 4.98 Å². The fourth-order valence-electron chi connectivity index (χ4n) is 1.79. The molecule has 2 aromatic rings. The van der Waals surface area contributed by atoms with Gasteiger partial charge in [0, 0.05) is 29.4 Å². The van der Waals surface area contributed by atoms with Crippen molar-refractivity contribution in [2.75, 3.05) is 6.54 Å². The summed E-state index contributed by atoms with van der Waals surface area (Å²) < 4.78 is 0. The van der Waals surface area contributed by atoms with Crippen LogP contribution in [0.1, 0.15) is 30.0 Å². The Morgan fingerprint density at radius 1 is 1.47 bits per heavy atom. The monoisotopic (exact) mass is 277 g/mol. The van der Waals surface area contributed by atoms with Crippen molar-refractivity contribution < 1.29 is 4.79 Å². The highest BCUT2D eigenvalue weighted by Gasteiger charge is 2.22. The van der Waals surface area contributed by atoms with Crippen molar-refractivity contribution >= 4 is 17.5 Å². The second-order valence-corrected chi connectivity index (χ2v) is 5.45. The summed E-state index contributed by atoms with van der Waals surface area (Å²) in [4.78, 5) is 18.5. The lowest BCUT2D eigenvalue weighted by atomic mass is 9.84. The Labute approximate surface area is 117 Å². The molecule has 0 saturated heterocycles. The molecule has 0 unspecified atom stereocenters. The van der Waals surface area contributed by atoms with Crippen LogP contribution < -0.4 is 5.32 Å². The van der Waals surface area contributed by atoms with Crippen molar-refractivity contribution in [3.63, 3.8) is 0 Å². The Balaban J connectivity index is 2.03. The summed E-state index contributed by atoms with van der Waals surface area (Å²) in [6.07, 6.45) is 3.17. The molecule has 0 aliphatic carbocycles. The first-order chi connectivity index (χ1) is 8.99. The fraction of sp³-hybridized carbons (Fsp3) is 0.286. The van der Waals surface area contributed by atoms with Crippen LogP contribution in [0.3, 0.4) is 0 Å². The zero-order chi connectivity index (χ0) is 13.9. The smallest absolute Gasteiger partial charge is 0.287 e. The Kier molecular flexibility index (Phi) is 3.90. The number of nitrogens with one attached hydrogen (secondary N) is 2. The minimum atomic E-state index is -0.208. The number of rotatable bonds is 4. The van der Waals surface area contributed by atoms with Crippen molar-refractivity contribution in [3.8, 4) is 0 Å². The van der Waals surface area contributed by atoms with E-state index in [1.165, 1.54) is 0 Å². The minimum absolute atomic E-state index is 0.201. The van der Waals surface area contributed by atoms with Gasteiger partial charge in [0.25, 0.3) is 5.91 Å². The van der Waals surface area contributed by atoms with Gasteiger partial charge >= 0.3 is 0 Å². The summed E-state index contributed by atoms with van der Waals surface area (Å²) in [7, 11) is 0. The van der Waals surface area contributed by atoms with E-state index in [4.69, 9.17) is 11.6 Å². The molecule has 0 spiro atoms. The number of aromatic nitrogens is 2. The van der Waals surface area contributed by atoms with Crippen molar-refractivity contribution in [1.29, 1.82) is 0 Å². The summed E-state index contributed by atoms with van der Waals surface area (Å²) in [6, 6.07) is 7.67. The van der Waals surface area contributed by atoms with E-state index < -0.39 is 0 Å². The first-order valence-electron chi connectivity index (χ1n) is 6.03. The Morgan fingerprint density at radius 3 is 2.89 bits per heavy atom. The zero-order valence-corrected chi connectivity index (χ0v) is 11.7. The molecule has 1 aromatic carbocycles. The highest BCUT2D eigenvalue weighted by atomic mass is 35.5. The SMILES string of the molecule is CC(C)(CNC(=O)c1ncc[nH]1)c1cccc(Cl)c1. The molecule has 4 nitrogen and oxygen atoms in total. The second kappa shape index (κ2) is 5.45. The van der Waals surface area contributed by atoms with E-state index in [0.29, 0.717) is 17.4 Å². The number of halogens is 1. The van der Waals surface area contributed by atoms with Gasteiger partial charge in [-0.05, 0) is 17.7 Å². The third-order valence-electron chi connectivity index (χ3n) is 3.01. The number of imidazole rings is 1. The van der Waals surface area contributed by atoms with Gasteiger partial charge in [0.2, 0.25) is 0 Å². The standard InChI is InChI=1S/C14H16ClN3O/c1-14(2,10-4-3-5-11(15)8-10)9-18-13(19)12-16-6-7-17-12/h3-8H,9H2,1-2H3,(H,16,17)(H,18,19). The lowest BCUT2D eigenvalue weighted by Gasteiger charge is -2.25. The van der Waals surface area contributed by atoms with Gasteiger partial charge in [0.1, 0.15) is 0 Å². The highest BCUT2D eigenvalue weighted by molar-refractivity contribution is 6.30. The van der Waals surface area contributed by atoms with Gasteiger partial charge in [0.15, 0.2) is 5.82 Å². The maximum absolute atomic E-state index is 11.8. The fourth-order valence-corrected chi connectivity index (χ4v) is 1.98. The number of nitrogens with zero attached hydrogens (tertiary/aromatic N) is 1. The van der Waals surface area contributed by atoms with Crippen molar-refractivity contribution in [2.45, 2.75) is 19.3 Å². The Bertz CT molecular complexity index is 564. The number of hydrogen-bond acceptors (Lipinski definition) is 2. The lowest BCUT2D eigenvalue weighted by Crippen LogP contribution is -2.37. The minimum Gasteiger partial charge on any atom is -0.349 e. The number of hydrogen-bond donors (Lipinski definition) is 2. The first kappa shape index (κ1) is 13.6. The van der Waals surface area contributed by atoms with E-state index in [1.54, 1.807) is 12.4 Å². The first-order valence-corrected chi connectivity index (χ1v) is 6.40. The zero-order valence-electron chi connectivity index (χ0n) is 10.9. The molecule has 1 amide bonds. The molecule has 2 rings (SSSR count). The van der Waals surface area contributed by atoms with Gasteiger partial charge in [-0.1, -0.05) is 37.6 Å². The van der Waals surface area contributed by atoms with Gasteiger partial charge in [-0.15, -0.1) is 0 Å². The molecule has 2 N–H and O–H groups in total. The quantitative estimate of drug-likeness (QED) is 0.903. The van der Waals surface area contributed by atoms with E-state index in [1.807, 2.05) is 24.3 Å². The maximum Gasteiger partial charge on any atom is 0.287 e. The van der Waals surface area contributed by atoms with Crippen LogP contribution in [0.25, 0.3) is 0 Å². The van der Waals surface area contributed by atoms with E-state index in [9.17, 15) is 4.79 Å². The van der Waals surface area contributed by atoms with Crippen LogP contribution in [0.2, 0.25) is 5.02 Å². The predicted octanol–water partition coefficient (Wildman–Crippen LogP) is 2.77. The Morgan fingerprint density at radius 2 is 2.26 bits per heavy atom. The molecule has 1 heterocycles. The summed E-state index contributed by atoms with van der Waals surface area (Å²) in [6.45, 7) is 4.62. The molecule has 0 radical (unpaired) electrons. The molecule has 0 saturated carbocycles. The lowest BCUT2D eigenvalue weighted by molar-refractivity contribution is 0.0936. The molecule has 0 aliphatic rings.